The fraction of sp³-hybridized carbons (Fsp3) is 0.176. The Morgan fingerprint density at radius 2 is 1.78 bits per heavy atom. The average molecular weight is 314 g/mol. The Labute approximate surface area is 130 Å². The lowest BCUT2D eigenvalue weighted by molar-refractivity contribution is -0.144. The zero-order valence-corrected chi connectivity index (χ0v) is 12.5. The zero-order valence-electron chi connectivity index (χ0n) is 12.5. The van der Waals surface area contributed by atoms with E-state index in [0.29, 0.717) is 22.5 Å². The summed E-state index contributed by atoms with van der Waals surface area (Å²) in [6.07, 6.45) is -0.996. The molecule has 23 heavy (non-hydrogen) atoms. The second kappa shape index (κ2) is 5.64. The minimum absolute atomic E-state index is 0.323. The molecule has 0 saturated heterocycles. The van der Waals surface area contributed by atoms with Crippen LogP contribution < -0.4 is 15.1 Å². The third-order valence-electron chi connectivity index (χ3n) is 3.55. The second-order valence-corrected chi connectivity index (χ2v) is 5.06. The molecule has 6 heteroatoms. The van der Waals surface area contributed by atoms with E-state index < -0.39 is 17.7 Å². The number of carboxylic acid groups (broad SMARTS) is 1. The first kappa shape index (κ1) is 14.9. The highest BCUT2D eigenvalue weighted by Crippen LogP contribution is 2.28. The predicted molar refractivity (Wildman–Crippen MR) is 84.3 cm³/mol. The Kier molecular flexibility index (Phi) is 3.65. The van der Waals surface area contributed by atoms with Gasteiger partial charge in [0.15, 0.2) is 6.10 Å². The Morgan fingerprint density at radius 3 is 2.48 bits per heavy atom. The minimum Gasteiger partial charge on any atom is -0.497 e. The molecule has 0 fully saturated rings. The van der Waals surface area contributed by atoms with Gasteiger partial charge in [0.1, 0.15) is 17.1 Å². The standard InChI is InChI=1S/C17H14O6/c1-9(16(18)19)22-11-4-6-13-12-5-3-10(21-2)7-14(12)17(20)23-15(13)8-11/h3-9H,1-2H3,(H,18,19)/t9-/m1/s1. The van der Waals surface area contributed by atoms with Crippen LogP contribution in [0.3, 0.4) is 0 Å². The SMILES string of the molecule is COc1ccc2c(c1)c(=O)oc1cc(O[C@H](C)C(=O)O)ccc12. The van der Waals surface area contributed by atoms with Crippen LogP contribution in [0.1, 0.15) is 6.92 Å². The molecule has 3 rings (SSSR count). The predicted octanol–water partition coefficient (Wildman–Crippen LogP) is 2.81. The first-order chi connectivity index (χ1) is 11.0. The number of ether oxygens (including phenoxy) is 2. The van der Waals surface area contributed by atoms with E-state index in [1.54, 1.807) is 30.3 Å². The van der Waals surface area contributed by atoms with E-state index in [1.165, 1.54) is 20.1 Å². The second-order valence-electron chi connectivity index (χ2n) is 5.06. The molecule has 0 amide bonds. The van der Waals surface area contributed by atoms with Crippen LogP contribution in [0.5, 0.6) is 11.5 Å². The number of benzene rings is 2. The molecule has 0 unspecified atom stereocenters. The van der Waals surface area contributed by atoms with Gasteiger partial charge in [0.25, 0.3) is 0 Å². The highest BCUT2D eigenvalue weighted by molar-refractivity contribution is 6.04. The van der Waals surface area contributed by atoms with Gasteiger partial charge in [-0.1, -0.05) is 0 Å². The van der Waals surface area contributed by atoms with E-state index in [1.807, 2.05) is 0 Å². The number of hydrogen-bond donors (Lipinski definition) is 1. The summed E-state index contributed by atoms with van der Waals surface area (Å²) in [5.74, 6) is -0.181. The summed E-state index contributed by atoms with van der Waals surface area (Å²) in [5, 5.41) is 10.8. The van der Waals surface area contributed by atoms with Crippen LogP contribution in [0.4, 0.5) is 0 Å². The number of fused-ring (bicyclic) bond motifs is 3. The van der Waals surface area contributed by atoms with E-state index >= 15 is 0 Å². The Bertz CT molecular complexity index is 956. The van der Waals surface area contributed by atoms with Gasteiger partial charge in [-0.2, -0.15) is 0 Å². The first-order valence-electron chi connectivity index (χ1n) is 6.93. The Morgan fingerprint density at radius 1 is 1.09 bits per heavy atom. The maximum atomic E-state index is 12.1. The molecule has 1 heterocycles. The molecule has 118 valence electrons. The van der Waals surface area contributed by atoms with Crippen molar-refractivity contribution in [3.8, 4) is 11.5 Å². The molecule has 2 aromatic carbocycles. The first-order valence-corrected chi connectivity index (χ1v) is 6.93. The van der Waals surface area contributed by atoms with E-state index in [2.05, 4.69) is 0 Å². The number of carbonyl (C=O) groups is 1. The van der Waals surface area contributed by atoms with Gasteiger partial charge in [0.2, 0.25) is 0 Å². The number of hydrogen-bond acceptors (Lipinski definition) is 5. The average Bonchev–Trinajstić information content (AvgIpc) is 2.54. The maximum absolute atomic E-state index is 12.1. The lowest BCUT2D eigenvalue weighted by Crippen LogP contribution is -2.22. The molecule has 0 bridgehead atoms. The molecule has 0 radical (unpaired) electrons. The van der Waals surface area contributed by atoms with Gasteiger partial charge in [0, 0.05) is 16.8 Å². The molecule has 0 spiro atoms. The van der Waals surface area contributed by atoms with Crippen molar-refractivity contribution < 1.29 is 23.8 Å². The van der Waals surface area contributed by atoms with Crippen LogP contribution in [0.25, 0.3) is 21.7 Å². The number of carboxylic acids is 1. The van der Waals surface area contributed by atoms with E-state index in [-0.39, 0.29) is 0 Å². The summed E-state index contributed by atoms with van der Waals surface area (Å²) < 4.78 is 15.7. The van der Waals surface area contributed by atoms with Crippen molar-refractivity contribution in [2.75, 3.05) is 7.11 Å². The molecule has 0 aliphatic heterocycles. The van der Waals surface area contributed by atoms with Gasteiger partial charge in [-0.3, -0.25) is 0 Å². The zero-order chi connectivity index (χ0) is 16.6. The fourth-order valence-corrected chi connectivity index (χ4v) is 2.35. The van der Waals surface area contributed by atoms with Gasteiger partial charge in [0.05, 0.1) is 12.5 Å². The lowest BCUT2D eigenvalue weighted by Gasteiger charge is -2.11. The summed E-state index contributed by atoms with van der Waals surface area (Å²) in [5.41, 5.74) is -0.155. The number of rotatable bonds is 4. The molecule has 6 nitrogen and oxygen atoms in total. The van der Waals surface area contributed by atoms with Gasteiger partial charge < -0.3 is 19.0 Å². The van der Waals surface area contributed by atoms with E-state index in [0.717, 1.165) is 10.8 Å². The highest BCUT2D eigenvalue weighted by atomic mass is 16.5. The number of methoxy groups -OCH3 is 1. The lowest BCUT2D eigenvalue weighted by atomic mass is 10.1. The number of aliphatic carboxylic acids is 1. The van der Waals surface area contributed by atoms with Crippen LogP contribution in [0.2, 0.25) is 0 Å². The summed E-state index contributed by atoms with van der Waals surface area (Å²) in [4.78, 5) is 23.0. The van der Waals surface area contributed by atoms with Crippen molar-refractivity contribution in [2.24, 2.45) is 0 Å². The van der Waals surface area contributed by atoms with E-state index in [9.17, 15) is 9.59 Å². The fourth-order valence-electron chi connectivity index (χ4n) is 2.35. The van der Waals surface area contributed by atoms with E-state index in [4.69, 9.17) is 19.0 Å². The Balaban J connectivity index is 2.16. The highest BCUT2D eigenvalue weighted by Gasteiger charge is 2.14. The van der Waals surface area contributed by atoms with Gasteiger partial charge in [-0.15, -0.1) is 0 Å². The monoisotopic (exact) mass is 314 g/mol. The van der Waals surface area contributed by atoms with Crippen LogP contribution >= 0.6 is 0 Å². The molecule has 3 aromatic rings. The van der Waals surface area contributed by atoms with Crippen LogP contribution in [0, 0.1) is 0 Å². The van der Waals surface area contributed by atoms with Gasteiger partial charge >= 0.3 is 11.6 Å². The summed E-state index contributed by atoms with van der Waals surface area (Å²) in [6.45, 7) is 1.43. The molecule has 1 N–H and O–H groups in total. The Hall–Kier alpha value is -3.02. The third kappa shape index (κ3) is 2.70. The van der Waals surface area contributed by atoms with Crippen LogP contribution in [0.15, 0.2) is 45.6 Å². The summed E-state index contributed by atoms with van der Waals surface area (Å²) in [6, 6.07) is 10.1. The molecule has 0 aliphatic rings. The normalized spacial score (nSPS) is 12.3. The van der Waals surface area contributed by atoms with Crippen molar-refractivity contribution in [1.29, 1.82) is 0 Å². The summed E-state index contributed by atoms with van der Waals surface area (Å²) >= 11 is 0. The van der Waals surface area contributed by atoms with Gasteiger partial charge in [-0.25, -0.2) is 9.59 Å². The molecular weight excluding hydrogens is 300 g/mol. The quantitative estimate of drug-likeness (QED) is 0.588. The van der Waals surface area contributed by atoms with Crippen molar-refractivity contribution in [3.63, 3.8) is 0 Å². The van der Waals surface area contributed by atoms with Crippen molar-refractivity contribution in [3.05, 3.63) is 46.8 Å². The molecule has 0 saturated carbocycles. The van der Waals surface area contributed by atoms with Crippen molar-refractivity contribution >= 4 is 27.7 Å². The topological polar surface area (TPSA) is 86.0 Å². The molecule has 1 aromatic heterocycles. The summed E-state index contributed by atoms with van der Waals surface area (Å²) in [7, 11) is 1.52. The smallest absolute Gasteiger partial charge is 0.344 e. The molecule has 0 aliphatic carbocycles. The molecule has 1 atom stereocenters. The van der Waals surface area contributed by atoms with Crippen LogP contribution in [-0.4, -0.2) is 24.3 Å². The van der Waals surface area contributed by atoms with Crippen LogP contribution in [-0.2, 0) is 4.79 Å². The van der Waals surface area contributed by atoms with Crippen molar-refractivity contribution in [2.45, 2.75) is 13.0 Å². The maximum Gasteiger partial charge on any atom is 0.344 e. The largest absolute Gasteiger partial charge is 0.497 e. The van der Waals surface area contributed by atoms with Gasteiger partial charge in [-0.05, 0) is 37.3 Å². The molecular formula is C17H14O6. The van der Waals surface area contributed by atoms with Crippen molar-refractivity contribution in [1.82, 2.24) is 0 Å². The minimum atomic E-state index is -1.07. The third-order valence-corrected chi connectivity index (χ3v) is 3.55.